The van der Waals surface area contributed by atoms with Crippen molar-refractivity contribution < 1.29 is 26.7 Å². The number of nitrogens with two attached hydrogens (primary N) is 1. The summed E-state index contributed by atoms with van der Waals surface area (Å²) in [6.07, 6.45) is -1.15. The molecule has 0 saturated heterocycles. The molecular weight excluding hydrogens is 379 g/mol. The molecule has 3 nitrogen and oxygen atoms in total. The van der Waals surface area contributed by atoms with E-state index < -0.39 is 19.0 Å². The van der Waals surface area contributed by atoms with E-state index in [1.807, 2.05) is 0 Å². The monoisotopic (exact) mass is 398 g/mol. The van der Waals surface area contributed by atoms with Crippen LogP contribution in [-0.2, 0) is 19.4 Å². The molecule has 0 aliphatic carbocycles. The van der Waals surface area contributed by atoms with E-state index in [2.05, 4.69) is 4.98 Å². The second kappa shape index (κ2) is 8.18. The maximum Gasteiger partial charge on any atom is 0.340 e. The van der Waals surface area contributed by atoms with Gasteiger partial charge in [0.1, 0.15) is 11.6 Å². The molecule has 0 aliphatic rings. The third kappa shape index (κ3) is 4.27. The van der Waals surface area contributed by atoms with Crippen LogP contribution in [0.5, 0.6) is 5.75 Å². The van der Waals surface area contributed by atoms with Crippen LogP contribution in [0.15, 0.2) is 42.6 Å². The zero-order valence-corrected chi connectivity index (χ0v) is 14.8. The van der Waals surface area contributed by atoms with E-state index in [0.29, 0.717) is 29.5 Å². The molecule has 8 heteroatoms. The minimum Gasteiger partial charge on any atom is -0.487 e. The Morgan fingerprint density at radius 1 is 1.07 bits per heavy atom. The first kappa shape index (κ1) is 20.1. The number of H-pyrrole nitrogens is 1. The number of fused-ring (bicyclic) bond motifs is 1. The summed E-state index contributed by atoms with van der Waals surface area (Å²) in [5, 5.41) is 0.846. The van der Waals surface area contributed by atoms with Crippen LogP contribution in [-0.4, -0.2) is 23.9 Å². The highest BCUT2D eigenvalue weighted by Gasteiger charge is 2.41. The Morgan fingerprint density at radius 2 is 1.86 bits per heavy atom. The Hall–Kier alpha value is -2.61. The van der Waals surface area contributed by atoms with Crippen molar-refractivity contribution in [3.05, 3.63) is 65.1 Å². The normalized spacial score (nSPS) is 12.1. The Morgan fingerprint density at radius 3 is 2.57 bits per heavy atom. The molecule has 3 aromatic rings. The fourth-order valence-corrected chi connectivity index (χ4v) is 3.08. The van der Waals surface area contributed by atoms with Crippen molar-refractivity contribution in [1.29, 1.82) is 0 Å². The first-order chi connectivity index (χ1) is 13.3. The molecule has 0 bridgehead atoms. The van der Waals surface area contributed by atoms with E-state index in [-0.39, 0.29) is 18.1 Å². The molecule has 150 valence electrons. The van der Waals surface area contributed by atoms with Gasteiger partial charge in [0.15, 0.2) is 6.61 Å². The molecule has 3 rings (SSSR count). The molecule has 1 heterocycles. The van der Waals surface area contributed by atoms with E-state index in [0.717, 1.165) is 10.9 Å². The minimum atomic E-state index is -4.24. The number of rotatable bonds is 8. The Bertz CT molecular complexity index is 955. The third-order valence-electron chi connectivity index (χ3n) is 4.56. The van der Waals surface area contributed by atoms with Gasteiger partial charge in [-0.05, 0) is 53.8 Å². The highest BCUT2D eigenvalue weighted by atomic mass is 19.3. The smallest absolute Gasteiger partial charge is 0.340 e. The summed E-state index contributed by atoms with van der Waals surface area (Å²) in [4.78, 5) is 2.99. The van der Waals surface area contributed by atoms with Crippen molar-refractivity contribution in [1.82, 2.24) is 4.98 Å². The van der Waals surface area contributed by atoms with Gasteiger partial charge < -0.3 is 15.5 Å². The zero-order valence-electron chi connectivity index (χ0n) is 14.8. The lowest BCUT2D eigenvalue weighted by molar-refractivity contribution is -0.148. The van der Waals surface area contributed by atoms with E-state index in [4.69, 9.17) is 10.5 Å². The number of alkyl halides is 4. The number of ether oxygens (including phenoxy) is 1. The second-order valence-corrected chi connectivity index (χ2v) is 6.45. The van der Waals surface area contributed by atoms with E-state index in [1.54, 1.807) is 24.4 Å². The second-order valence-electron chi connectivity index (χ2n) is 6.45. The summed E-state index contributed by atoms with van der Waals surface area (Å²) >= 11 is 0. The topological polar surface area (TPSA) is 51.0 Å². The molecule has 0 aliphatic heterocycles. The number of aromatic nitrogens is 1. The third-order valence-corrected chi connectivity index (χ3v) is 4.56. The maximum absolute atomic E-state index is 13.3. The van der Waals surface area contributed by atoms with Crippen LogP contribution in [0, 0.1) is 5.82 Å². The van der Waals surface area contributed by atoms with Gasteiger partial charge in [0.2, 0.25) is 0 Å². The van der Waals surface area contributed by atoms with Gasteiger partial charge in [0, 0.05) is 23.6 Å². The number of aromatic amines is 1. The molecular formula is C20H19F5N2O. The quantitative estimate of drug-likeness (QED) is 0.534. The number of aryl methyl sites for hydroxylation is 1. The van der Waals surface area contributed by atoms with Crippen molar-refractivity contribution in [2.75, 3.05) is 6.61 Å². The molecule has 0 spiro atoms. The summed E-state index contributed by atoms with van der Waals surface area (Å²) in [5.41, 5.74) is 8.56. The van der Waals surface area contributed by atoms with Gasteiger partial charge in [-0.1, -0.05) is 12.1 Å². The van der Waals surface area contributed by atoms with Crippen LogP contribution in [0.3, 0.4) is 0 Å². The number of hydrogen-bond donors (Lipinski definition) is 2. The Balaban J connectivity index is 1.82. The van der Waals surface area contributed by atoms with Crippen molar-refractivity contribution in [2.24, 2.45) is 5.73 Å². The van der Waals surface area contributed by atoms with E-state index in [9.17, 15) is 22.0 Å². The van der Waals surface area contributed by atoms with Crippen LogP contribution in [0.2, 0.25) is 0 Å². The average molecular weight is 398 g/mol. The SMILES string of the molecule is NCc1cccc(OCC(F)(F)C(F)F)c1CCc1c[nH]c2cc(F)ccc12. The van der Waals surface area contributed by atoms with Gasteiger partial charge in [-0.3, -0.25) is 0 Å². The average Bonchev–Trinajstić information content (AvgIpc) is 3.06. The number of halogens is 5. The van der Waals surface area contributed by atoms with Gasteiger partial charge in [-0.15, -0.1) is 0 Å². The Kier molecular flexibility index (Phi) is 5.88. The molecule has 0 atom stereocenters. The van der Waals surface area contributed by atoms with Gasteiger partial charge in [-0.2, -0.15) is 8.78 Å². The van der Waals surface area contributed by atoms with Crippen LogP contribution in [0.1, 0.15) is 16.7 Å². The molecule has 2 aromatic carbocycles. The van der Waals surface area contributed by atoms with E-state index >= 15 is 0 Å². The molecule has 28 heavy (non-hydrogen) atoms. The summed E-state index contributed by atoms with van der Waals surface area (Å²) in [6.45, 7) is -1.27. The van der Waals surface area contributed by atoms with Crippen molar-refractivity contribution in [3.63, 3.8) is 0 Å². The molecule has 0 radical (unpaired) electrons. The molecule has 0 fully saturated rings. The predicted octanol–water partition coefficient (Wildman–Crippen LogP) is 4.83. The Labute approximate surface area is 158 Å². The summed E-state index contributed by atoms with van der Waals surface area (Å²) < 4.78 is 69.6. The predicted molar refractivity (Wildman–Crippen MR) is 96.4 cm³/mol. The lowest BCUT2D eigenvalue weighted by Crippen LogP contribution is -2.34. The van der Waals surface area contributed by atoms with Crippen molar-refractivity contribution in [3.8, 4) is 5.75 Å². The van der Waals surface area contributed by atoms with Crippen molar-refractivity contribution >= 4 is 10.9 Å². The van der Waals surface area contributed by atoms with Crippen LogP contribution in [0.4, 0.5) is 22.0 Å². The molecule has 3 N–H and O–H groups in total. The van der Waals surface area contributed by atoms with Gasteiger partial charge in [-0.25, -0.2) is 13.2 Å². The largest absolute Gasteiger partial charge is 0.487 e. The molecule has 0 saturated carbocycles. The zero-order chi connectivity index (χ0) is 20.3. The summed E-state index contributed by atoms with van der Waals surface area (Å²) in [6, 6.07) is 9.17. The lowest BCUT2D eigenvalue weighted by Gasteiger charge is -2.19. The highest BCUT2D eigenvalue weighted by Crippen LogP contribution is 2.29. The van der Waals surface area contributed by atoms with Gasteiger partial charge >= 0.3 is 12.3 Å². The lowest BCUT2D eigenvalue weighted by atomic mass is 9.98. The fourth-order valence-electron chi connectivity index (χ4n) is 3.08. The van der Waals surface area contributed by atoms with E-state index in [1.165, 1.54) is 18.2 Å². The molecule has 0 amide bonds. The first-order valence-electron chi connectivity index (χ1n) is 8.67. The number of nitrogens with one attached hydrogen (secondary N) is 1. The molecule has 1 aromatic heterocycles. The number of benzene rings is 2. The van der Waals surface area contributed by atoms with Gasteiger partial charge in [0.05, 0.1) is 0 Å². The van der Waals surface area contributed by atoms with Crippen LogP contribution >= 0.6 is 0 Å². The molecule has 0 unspecified atom stereocenters. The maximum atomic E-state index is 13.3. The van der Waals surface area contributed by atoms with Crippen LogP contribution < -0.4 is 10.5 Å². The number of hydrogen-bond acceptors (Lipinski definition) is 2. The summed E-state index contributed by atoms with van der Waals surface area (Å²) in [7, 11) is 0. The van der Waals surface area contributed by atoms with Crippen LogP contribution in [0.25, 0.3) is 10.9 Å². The fraction of sp³-hybridized carbons (Fsp3) is 0.300. The first-order valence-corrected chi connectivity index (χ1v) is 8.67. The van der Waals surface area contributed by atoms with Crippen molar-refractivity contribution in [2.45, 2.75) is 31.7 Å². The standard InChI is InChI=1S/C20H19F5N2O/c21-14-5-7-15-13(10-27-17(15)8-14)4-6-16-12(9-26)2-1-3-18(16)28-11-20(24,25)19(22)23/h1-3,5,7-8,10,19,27H,4,6,9,11,26H2. The summed E-state index contributed by atoms with van der Waals surface area (Å²) in [5.74, 6) is -4.49. The minimum absolute atomic E-state index is 0.106. The highest BCUT2D eigenvalue weighted by molar-refractivity contribution is 5.83. The van der Waals surface area contributed by atoms with Gasteiger partial charge in [0.25, 0.3) is 0 Å².